The van der Waals surface area contributed by atoms with E-state index in [2.05, 4.69) is 0 Å². The van der Waals surface area contributed by atoms with Crippen LogP contribution in [-0.2, 0) is 19.2 Å². The summed E-state index contributed by atoms with van der Waals surface area (Å²) in [4.78, 5) is 43.8. The van der Waals surface area contributed by atoms with E-state index in [1.807, 2.05) is 0 Å². The summed E-state index contributed by atoms with van der Waals surface area (Å²) in [5.41, 5.74) is 6.67. The van der Waals surface area contributed by atoms with E-state index in [1.54, 1.807) is 0 Å². The quantitative estimate of drug-likeness (QED) is 0.261. The van der Waals surface area contributed by atoms with Crippen molar-refractivity contribution in [3.05, 3.63) is 0 Å². The molecule has 0 aromatic carbocycles. The van der Waals surface area contributed by atoms with Crippen molar-refractivity contribution in [2.24, 2.45) is 22.8 Å². The number of carboxylic acid groups (broad SMARTS) is 4. The van der Waals surface area contributed by atoms with Crippen LogP contribution in [0.15, 0.2) is 0 Å². The summed E-state index contributed by atoms with van der Waals surface area (Å²) in [7, 11) is 0. The number of carbonyl (C=O) groups is 4. The monoisotopic (exact) mass is 264 g/mol. The van der Waals surface area contributed by atoms with E-state index < -0.39 is 47.8 Å². The average Bonchev–Trinajstić information content (AvgIpc) is 2.22. The number of carboxylic acids is 4. The van der Waals surface area contributed by atoms with Gasteiger partial charge in [-0.1, -0.05) is 0 Å². The van der Waals surface area contributed by atoms with Crippen LogP contribution in [0.2, 0.25) is 0 Å². The minimum atomic E-state index is -3.59. The normalized spacial score (nSPS) is 14.6. The lowest BCUT2D eigenvalue weighted by Gasteiger charge is -2.30. The first kappa shape index (κ1) is 15.8. The van der Waals surface area contributed by atoms with E-state index in [0.717, 1.165) is 0 Å². The van der Waals surface area contributed by atoms with Crippen molar-refractivity contribution in [1.82, 2.24) is 0 Å². The Morgan fingerprint density at radius 1 is 0.944 bits per heavy atom. The molecule has 0 saturated heterocycles. The molecule has 0 amide bonds. The third-order valence-corrected chi connectivity index (χ3v) is 2.44. The van der Waals surface area contributed by atoms with Crippen molar-refractivity contribution in [2.75, 3.05) is 6.54 Å². The molecule has 2 atom stereocenters. The van der Waals surface area contributed by atoms with Gasteiger partial charge in [0, 0.05) is 12.6 Å². The first-order chi connectivity index (χ1) is 8.13. The molecule has 8 N–H and O–H groups in total. The van der Waals surface area contributed by atoms with Crippen molar-refractivity contribution in [1.29, 1.82) is 0 Å². The molecule has 10 heteroatoms. The van der Waals surface area contributed by atoms with E-state index in [1.165, 1.54) is 0 Å². The van der Waals surface area contributed by atoms with Gasteiger partial charge in [-0.05, 0) is 0 Å². The summed E-state index contributed by atoms with van der Waals surface area (Å²) < 4.78 is 0. The summed E-state index contributed by atoms with van der Waals surface area (Å²) in [6, 6.07) is -1.65. The van der Waals surface area contributed by atoms with Gasteiger partial charge in [-0.25, -0.2) is 0 Å². The number of nitrogens with two attached hydrogens (primary N) is 2. The third kappa shape index (κ3) is 2.24. The van der Waals surface area contributed by atoms with Crippen molar-refractivity contribution < 1.29 is 39.6 Å². The second kappa shape index (κ2) is 5.42. The first-order valence-electron chi connectivity index (χ1n) is 4.52. The molecule has 0 bridgehead atoms. The SMILES string of the molecule is NCC(N)C(C(=O)O)C(C(=O)O)(C(=O)O)C(=O)O. The molecule has 0 saturated carbocycles. The Hall–Kier alpha value is -2.20. The fraction of sp³-hybridized carbons (Fsp3) is 0.500. The van der Waals surface area contributed by atoms with Crippen LogP contribution in [0.3, 0.4) is 0 Å². The highest BCUT2D eigenvalue weighted by Gasteiger charge is 2.64. The zero-order valence-corrected chi connectivity index (χ0v) is 8.94. The maximum Gasteiger partial charge on any atom is 0.333 e. The van der Waals surface area contributed by atoms with Crippen molar-refractivity contribution in [3.63, 3.8) is 0 Å². The maximum absolute atomic E-state index is 10.9. The summed E-state index contributed by atoms with van der Waals surface area (Å²) in [6.07, 6.45) is 0. The molecular formula is C8H12N2O8. The molecule has 10 nitrogen and oxygen atoms in total. The standard InChI is InChI=1S/C8H12N2O8/c9-1-2(10)3(4(11)12)8(5(13)14,6(15)16)7(17)18/h2-3H,1,9-10H2,(H,11,12)(H,13,14)(H,15,16)(H,17,18). The number of hydrogen-bond acceptors (Lipinski definition) is 6. The Morgan fingerprint density at radius 3 is 1.44 bits per heavy atom. The number of aliphatic carboxylic acids is 4. The second-order valence-electron chi connectivity index (χ2n) is 3.44. The molecule has 0 aliphatic heterocycles. The molecule has 0 heterocycles. The molecule has 0 aliphatic carbocycles. The lowest BCUT2D eigenvalue weighted by atomic mass is 9.71. The fourth-order valence-corrected chi connectivity index (χ4v) is 1.50. The van der Waals surface area contributed by atoms with Crippen LogP contribution in [-0.4, -0.2) is 56.9 Å². The molecule has 2 unspecified atom stereocenters. The van der Waals surface area contributed by atoms with Gasteiger partial charge >= 0.3 is 23.9 Å². The van der Waals surface area contributed by atoms with E-state index in [9.17, 15) is 19.2 Å². The predicted molar refractivity (Wildman–Crippen MR) is 53.5 cm³/mol. The van der Waals surface area contributed by atoms with Gasteiger partial charge in [-0.3, -0.25) is 19.2 Å². The van der Waals surface area contributed by atoms with Gasteiger partial charge < -0.3 is 31.9 Å². The largest absolute Gasteiger partial charge is 0.481 e. The minimum Gasteiger partial charge on any atom is -0.481 e. The van der Waals surface area contributed by atoms with Gasteiger partial charge in [0.05, 0.1) is 0 Å². The lowest BCUT2D eigenvalue weighted by Crippen LogP contribution is -2.61. The van der Waals surface area contributed by atoms with Crippen molar-refractivity contribution >= 4 is 23.9 Å². The molecular weight excluding hydrogens is 252 g/mol. The Morgan fingerprint density at radius 2 is 1.28 bits per heavy atom. The molecule has 0 fully saturated rings. The molecule has 0 rings (SSSR count). The van der Waals surface area contributed by atoms with Crippen molar-refractivity contribution in [3.8, 4) is 0 Å². The van der Waals surface area contributed by atoms with Crippen LogP contribution in [0, 0.1) is 11.3 Å². The van der Waals surface area contributed by atoms with E-state index >= 15 is 0 Å². The average molecular weight is 264 g/mol. The predicted octanol–water partition coefficient (Wildman–Crippen LogP) is -2.79. The van der Waals surface area contributed by atoms with Crippen molar-refractivity contribution in [2.45, 2.75) is 6.04 Å². The van der Waals surface area contributed by atoms with E-state index in [0.29, 0.717) is 0 Å². The second-order valence-corrected chi connectivity index (χ2v) is 3.44. The summed E-state index contributed by atoms with van der Waals surface area (Å²) in [5, 5.41) is 35.3. The molecule has 18 heavy (non-hydrogen) atoms. The lowest BCUT2D eigenvalue weighted by molar-refractivity contribution is -0.186. The molecule has 0 radical (unpaired) electrons. The third-order valence-electron chi connectivity index (χ3n) is 2.44. The first-order valence-corrected chi connectivity index (χ1v) is 4.52. The highest BCUT2D eigenvalue weighted by Crippen LogP contribution is 2.32. The van der Waals surface area contributed by atoms with Gasteiger partial charge in [-0.2, -0.15) is 0 Å². The van der Waals surface area contributed by atoms with Crippen LogP contribution in [0.25, 0.3) is 0 Å². The molecule has 0 aromatic rings. The molecule has 0 aliphatic rings. The fourth-order valence-electron chi connectivity index (χ4n) is 1.50. The zero-order valence-electron chi connectivity index (χ0n) is 8.94. The molecule has 0 spiro atoms. The topological polar surface area (TPSA) is 201 Å². The number of rotatable bonds is 7. The van der Waals surface area contributed by atoms with Gasteiger partial charge in [0.1, 0.15) is 5.92 Å². The van der Waals surface area contributed by atoms with Crippen LogP contribution in [0.1, 0.15) is 0 Å². The number of hydrogen-bond donors (Lipinski definition) is 6. The minimum absolute atomic E-state index is 0.591. The molecule has 0 aromatic heterocycles. The van der Waals surface area contributed by atoms with Crippen LogP contribution in [0.4, 0.5) is 0 Å². The van der Waals surface area contributed by atoms with Gasteiger partial charge in [0.25, 0.3) is 5.41 Å². The smallest absolute Gasteiger partial charge is 0.333 e. The summed E-state index contributed by atoms with van der Waals surface area (Å²) in [6.45, 7) is -0.591. The Kier molecular flexibility index (Phi) is 4.76. The summed E-state index contributed by atoms with van der Waals surface area (Å²) in [5.74, 6) is -11.4. The maximum atomic E-state index is 10.9. The Bertz CT molecular complexity index is 357. The summed E-state index contributed by atoms with van der Waals surface area (Å²) >= 11 is 0. The van der Waals surface area contributed by atoms with Crippen LogP contribution < -0.4 is 11.5 Å². The Balaban J connectivity index is 6.11. The van der Waals surface area contributed by atoms with Gasteiger partial charge in [-0.15, -0.1) is 0 Å². The molecule has 102 valence electrons. The van der Waals surface area contributed by atoms with E-state index in [4.69, 9.17) is 31.9 Å². The highest BCUT2D eigenvalue weighted by atomic mass is 16.4. The Labute approximate surface area is 99.8 Å². The van der Waals surface area contributed by atoms with Crippen LogP contribution >= 0.6 is 0 Å². The zero-order chi connectivity index (χ0) is 14.7. The van der Waals surface area contributed by atoms with Crippen LogP contribution in [0.5, 0.6) is 0 Å². The van der Waals surface area contributed by atoms with E-state index in [-0.39, 0.29) is 0 Å². The highest BCUT2D eigenvalue weighted by molar-refractivity contribution is 6.19. The van der Waals surface area contributed by atoms with Gasteiger partial charge in [0.15, 0.2) is 0 Å². The van der Waals surface area contributed by atoms with Gasteiger partial charge in [0.2, 0.25) is 0 Å².